The zero-order valence-corrected chi connectivity index (χ0v) is 9.51. The standard InChI is InChI=1S/C7H4ClF2IN2O/c8-6(14)2-1-3(11)13-5(4(2)12)7(9)10/h1,7H,12H2. The second-order valence-electron chi connectivity index (χ2n) is 2.37. The summed E-state index contributed by atoms with van der Waals surface area (Å²) in [5.41, 5.74) is 4.19. The Kier molecular flexibility index (Phi) is 3.59. The number of halogens is 4. The van der Waals surface area contributed by atoms with Crippen molar-refractivity contribution in [2.45, 2.75) is 6.43 Å². The van der Waals surface area contributed by atoms with Crippen molar-refractivity contribution >= 4 is 45.1 Å². The average molecular weight is 332 g/mol. The van der Waals surface area contributed by atoms with Crippen LogP contribution in [-0.2, 0) is 0 Å². The Morgan fingerprint density at radius 2 is 2.21 bits per heavy atom. The van der Waals surface area contributed by atoms with E-state index in [0.717, 1.165) is 0 Å². The Hall–Kier alpha value is -0.500. The highest BCUT2D eigenvalue weighted by atomic mass is 127. The van der Waals surface area contributed by atoms with Gasteiger partial charge in [-0.25, -0.2) is 13.8 Å². The quantitative estimate of drug-likeness (QED) is 0.514. The van der Waals surface area contributed by atoms with Crippen molar-refractivity contribution < 1.29 is 13.6 Å². The van der Waals surface area contributed by atoms with Gasteiger partial charge in [-0.1, -0.05) is 0 Å². The molecule has 0 atom stereocenters. The van der Waals surface area contributed by atoms with Crippen LogP contribution in [0.4, 0.5) is 14.5 Å². The highest BCUT2D eigenvalue weighted by Crippen LogP contribution is 2.27. The number of carbonyl (C=O) groups excluding carboxylic acids is 1. The van der Waals surface area contributed by atoms with Gasteiger partial charge in [0.2, 0.25) is 0 Å². The summed E-state index contributed by atoms with van der Waals surface area (Å²) in [4.78, 5) is 14.3. The maximum Gasteiger partial charge on any atom is 0.282 e. The smallest absolute Gasteiger partial charge is 0.282 e. The first-order chi connectivity index (χ1) is 6.43. The monoisotopic (exact) mass is 332 g/mol. The molecule has 1 aromatic rings. The average Bonchev–Trinajstić information content (AvgIpc) is 2.07. The molecule has 0 aliphatic rings. The number of rotatable bonds is 2. The van der Waals surface area contributed by atoms with Gasteiger partial charge in [0, 0.05) is 0 Å². The van der Waals surface area contributed by atoms with Crippen LogP contribution in [0, 0.1) is 3.70 Å². The van der Waals surface area contributed by atoms with Crippen LogP contribution in [-0.4, -0.2) is 10.2 Å². The minimum Gasteiger partial charge on any atom is -0.396 e. The topological polar surface area (TPSA) is 56.0 Å². The minimum absolute atomic E-state index is 0.138. The highest BCUT2D eigenvalue weighted by Gasteiger charge is 2.19. The fourth-order valence-electron chi connectivity index (χ4n) is 0.871. The number of nitrogens with zero attached hydrogens (tertiary/aromatic N) is 1. The number of hydrogen-bond donors (Lipinski definition) is 1. The first-order valence-corrected chi connectivity index (χ1v) is 4.83. The largest absolute Gasteiger partial charge is 0.396 e. The van der Waals surface area contributed by atoms with Crippen molar-refractivity contribution in [3.63, 3.8) is 0 Å². The molecule has 0 spiro atoms. The second-order valence-corrected chi connectivity index (χ2v) is 3.81. The maximum atomic E-state index is 12.4. The SMILES string of the molecule is Nc1c(C(=O)Cl)cc(I)nc1C(F)F. The number of hydrogen-bond acceptors (Lipinski definition) is 3. The van der Waals surface area contributed by atoms with Crippen LogP contribution in [0.25, 0.3) is 0 Å². The molecule has 0 aliphatic heterocycles. The van der Waals surface area contributed by atoms with E-state index in [1.165, 1.54) is 6.07 Å². The van der Waals surface area contributed by atoms with E-state index in [1.807, 2.05) is 0 Å². The molecular formula is C7H4ClF2IN2O. The Bertz CT molecular complexity index is 386. The van der Waals surface area contributed by atoms with Gasteiger partial charge < -0.3 is 5.73 Å². The zero-order chi connectivity index (χ0) is 10.9. The normalized spacial score (nSPS) is 10.6. The summed E-state index contributed by atoms with van der Waals surface area (Å²) in [5, 5.41) is -0.871. The molecule has 7 heteroatoms. The van der Waals surface area contributed by atoms with Gasteiger partial charge in [-0.3, -0.25) is 4.79 Å². The summed E-state index contributed by atoms with van der Waals surface area (Å²) < 4.78 is 24.9. The van der Waals surface area contributed by atoms with E-state index in [-0.39, 0.29) is 15.0 Å². The predicted octanol–water partition coefficient (Wildman–Crippen LogP) is 2.58. The molecule has 0 aliphatic carbocycles. The molecule has 0 bridgehead atoms. The lowest BCUT2D eigenvalue weighted by molar-refractivity contribution is 0.108. The summed E-state index contributed by atoms with van der Waals surface area (Å²) in [6.07, 6.45) is -2.82. The van der Waals surface area contributed by atoms with Crippen molar-refractivity contribution in [3.05, 3.63) is 21.0 Å². The number of nitrogens with two attached hydrogens (primary N) is 1. The number of alkyl halides is 2. The summed E-state index contributed by atoms with van der Waals surface area (Å²) in [6.45, 7) is 0. The first-order valence-electron chi connectivity index (χ1n) is 3.37. The van der Waals surface area contributed by atoms with E-state index < -0.39 is 17.4 Å². The fraction of sp³-hybridized carbons (Fsp3) is 0.143. The van der Waals surface area contributed by atoms with Crippen LogP contribution in [0.1, 0.15) is 22.5 Å². The highest BCUT2D eigenvalue weighted by molar-refractivity contribution is 14.1. The van der Waals surface area contributed by atoms with Crippen molar-refractivity contribution in [2.75, 3.05) is 5.73 Å². The Labute approximate surface area is 96.8 Å². The van der Waals surface area contributed by atoms with E-state index in [9.17, 15) is 13.6 Å². The minimum atomic E-state index is -2.82. The van der Waals surface area contributed by atoms with E-state index in [0.29, 0.717) is 0 Å². The molecule has 0 saturated heterocycles. The molecule has 1 aromatic heterocycles. The van der Waals surface area contributed by atoms with E-state index >= 15 is 0 Å². The second kappa shape index (κ2) is 4.35. The van der Waals surface area contributed by atoms with E-state index in [2.05, 4.69) is 4.98 Å². The van der Waals surface area contributed by atoms with Gasteiger partial charge in [-0.15, -0.1) is 0 Å². The molecule has 0 fully saturated rings. The van der Waals surface area contributed by atoms with Gasteiger partial charge >= 0.3 is 0 Å². The van der Waals surface area contributed by atoms with Crippen LogP contribution < -0.4 is 5.73 Å². The molecule has 1 heterocycles. The number of carbonyl (C=O) groups is 1. The van der Waals surface area contributed by atoms with Crippen LogP contribution in [0.2, 0.25) is 0 Å². The third kappa shape index (κ3) is 2.30. The van der Waals surface area contributed by atoms with Gasteiger partial charge in [-0.2, -0.15) is 0 Å². The predicted molar refractivity (Wildman–Crippen MR) is 56.5 cm³/mol. The van der Waals surface area contributed by atoms with Gasteiger partial charge in [0.05, 0.1) is 11.3 Å². The van der Waals surface area contributed by atoms with Crippen molar-refractivity contribution in [2.24, 2.45) is 0 Å². The number of pyridine rings is 1. The number of nitrogen functional groups attached to an aromatic ring is 1. The molecule has 2 N–H and O–H groups in total. The van der Waals surface area contributed by atoms with Crippen LogP contribution in [0.3, 0.4) is 0 Å². The Balaban J connectivity index is 3.40. The summed E-state index contributed by atoms with van der Waals surface area (Å²) in [6, 6.07) is 1.26. The maximum absolute atomic E-state index is 12.4. The lowest BCUT2D eigenvalue weighted by Gasteiger charge is -2.07. The van der Waals surface area contributed by atoms with E-state index in [4.69, 9.17) is 17.3 Å². The molecule has 76 valence electrons. The first kappa shape index (κ1) is 11.6. The number of aromatic nitrogens is 1. The van der Waals surface area contributed by atoms with Crippen LogP contribution >= 0.6 is 34.2 Å². The molecule has 0 aromatic carbocycles. The Morgan fingerprint density at radius 3 is 2.64 bits per heavy atom. The van der Waals surface area contributed by atoms with Gasteiger partial charge in [0.1, 0.15) is 9.39 Å². The van der Waals surface area contributed by atoms with Crippen LogP contribution in [0.15, 0.2) is 6.07 Å². The molecule has 14 heavy (non-hydrogen) atoms. The summed E-state index contributed by atoms with van der Waals surface area (Å²) in [5.74, 6) is 0. The van der Waals surface area contributed by atoms with Crippen molar-refractivity contribution in [1.82, 2.24) is 4.98 Å². The summed E-state index contributed by atoms with van der Waals surface area (Å²) >= 11 is 6.87. The third-order valence-corrected chi connectivity index (χ3v) is 2.23. The molecule has 0 amide bonds. The molecule has 3 nitrogen and oxygen atoms in total. The van der Waals surface area contributed by atoms with Crippen molar-refractivity contribution in [3.8, 4) is 0 Å². The van der Waals surface area contributed by atoms with Crippen LogP contribution in [0.5, 0.6) is 0 Å². The lowest BCUT2D eigenvalue weighted by atomic mass is 10.2. The molecule has 1 rings (SSSR count). The van der Waals surface area contributed by atoms with Crippen molar-refractivity contribution in [1.29, 1.82) is 0 Å². The lowest BCUT2D eigenvalue weighted by Crippen LogP contribution is -2.06. The molecule has 0 saturated carbocycles. The third-order valence-electron chi connectivity index (χ3n) is 1.48. The Morgan fingerprint density at radius 1 is 1.64 bits per heavy atom. The van der Waals surface area contributed by atoms with Gasteiger partial charge in [0.25, 0.3) is 11.7 Å². The molecular weight excluding hydrogens is 328 g/mol. The van der Waals surface area contributed by atoms with Gasteiger partial charge in [0.15, 0.2) is 0 Å². The zero-order valence-electron chi connectivity index (χ0n) is 6.60. The number of anilines is 1. The fourth-order valence-corrected chi connectivity index (χ4v) is 1.60. The molecule has 0 unspecified atom stereocenters. The van der Waals surface area contributed by atoms with Gasteiger partial charge in [-0.05, 0) is 40.3 Å². The van der Waals surface area contributed by atoms with E-state index in [1.54, 1.807) is 22.6 Å². The summed E-state index contributed by atoms with van der Waals surface area (Å²) in [7, 11) is 0. The molecule has 0 radical (unpaired) electrons.